The van der Waals surface area contributed by atoms with E-state index in [1.54, 1.807) is 6.07 Å². The molecule has 1 aliphatic rings. The van der Waals surface area contributed by atoms with E-state index in [2.05, 4.69) is 12.2 Å². The second kappa shape index (κ2) is 6.36. The number of hydrogen-bond donors (Lipinski definition) is 2. The molecule has 0 aliphatic heterocycles. The molecule has 0 amide bonds. The lowest BCUT2D eigenvalue weighted by Crippen LogP contribution is -2.52. The summed E-state index contributed by atoms with van der Waals surface area (Å²) in [5, 5.41) is 13.1. The zero-order valence-corrected chi connectivity index (χ0v) is 12.2. The highest BCUT2D eigenvalue weighted by Crippen LogP contribution is 2.38. The van der Waals surface area contributed by atoms with Gasteiger partial charge in [-0.3, -0.25) is 0 Å². The SMILES string of the molecule is CC1CCC(NCC(O)(c2ccccc2)C(F)(F)F)CC1. The molecule has 0 spiro atoms. The summed E-state index contributed by atoms with van der Waals surface area (Å²) in [6.07, 6.45) is -0.933. The van der Waals surface area contributed by atoms with Crippen LogP contribution in [0.5, 0.6) is 0 Å². The maximum Gasteiger partial charge on any atom is 0.422 e. The third-order valence-corrected chi connectivity index (χ3v) is 4.38. The quantitative estimate of drug-likeness (QED) is 0.890. The predicted octanol–water partition coefficient (Wildman–Crippen LogP) is 3.60. The Bertz CT molecular complexity index is 441. The zero-order valence-electron chi connectivity index (χ0n) is 12.2. The van der Waals surface area contributed by atoms with Gasteiger partial charge in [0.2, 0.25) is 0 Å². The Kier molecular flexibility index (Phi) is 4.94. The van der Waals surface area contributed by atoms with Crippen molar-refractivity contribution >= 4 is 0 Å². The van der Waals surface area contributed by atoms with E-state index in [9.17, 15) is 18.3 Å². The third kappa shape index (κ3) is 3.77. The van der Waals surface area contributed by atoms with E-state index < -0.39 is 18.3 Å². The van der Waals surface area contributed by atoms with Crippen molar-refractivity contribution < 1.29 is 18.3 Å². The van der Waals surface area contributed by atoms with Gasteiger partial charge in [-0.05, 0) is 37.2 Å². The smallest absolute Gasteiger partial charge is 0.375 e. The third-order valence-electron chi connectivity index (χ3n) is 4.38. The van der Waals surface area contributed by atoms with Crippen molar-refractivity contribution in [3.05, 3.63) is 35.9 Å². The fourth-order valence-corrected chi connectivity index (χ4v) is 2.84. The molecule has 1 atom stereocenters. The standard InChI is InChI=1S/C16H22F3NO/c1-12-7-9-14(10-8-12)20-11-15(21,16(17,18)19)13-5-3-2-4-6-13/h2-6,12,14,20-21H,7-11H2,1H3. The Morgan fingerprint density at radius 2 is 1.67 bits per heavy atom. The van der Waals surface area contributed by atoms with E-state index >= 15 is 0 Å². The molecule has 1 aromatic carbocycles. The summed E-state index contributed by atoms with van der Waals surface area (Å²) in [6, 6.07) is 7.34. The fourth-order valence-electron chi connectivity index (χ4n) is 2.84. The molecule has 1 aromatic rings. The van der Waals surface area contributed by atoms with Crippen molar-refractivity contribution in [3.8, 4) is 0 Å². The average Bonchev–Trinajstić information content (AvgIpc) is 2.46. The molecular weight excluding hydrogens is 279 g/mol. The van der Waals surface area contributed by atoms with Crippen LogP contribution in [-0.4, -0.2) is 23.9 Å². The van der Waals surface area contributed by atoms with Crippen molar-refractivity contribution in [2.75, 3.05) is 6.54 Å². The highest BCUT2D eigenvalue weighted by atomic mass is 19.4. The van der Waals surface area contributed by atoms with Crippen LogP contribution in [0.15, 0.2) is 30.3 Å². The first-order valence-corrected chi connectivity index (χ1v) is 7.41. The van der Waals surface area contributed by atoms with Crippen LogP contribution in [0, 0.1) is 5.92 Å². The first kappa shape index (κ1) is 16.3. The van der Waals surface area contributed by atoms with Gasteiger partial charge in [-0.2, -0.15) is 13.2 Å². The number of benzene rings is 1. The monoisotopic (exact) mass is 301 g/mol. The molecule has 0 bridgehead atoms. The van der Waals surface area contributed by atoms with Crippen LogP contribution in [-0.2, 0) is 5.60 Å². The van der Waals surface area contributed by atoms with Crippen molar-refractivity contribution in [3.63, 3.8) is 0 Å². The van der Waals surface area contributed by atoms with E-state index in [0.717, 1.165) is 25.7 Å². The van der Waals surface area contributed by atoms with E-state index in [4.69, 9.17) is 0 Å². The van der Waals surface area contributed by atoms with Crippen molar-refractivity contribution in [1.29, 1.82) is 0 Å². The van der Waals surface area contributed by atoms with E-state index in [-0.39, 0.29) is 11.6 Å². The minimum Gasteiger partial charge on any atom is -0.375 e. The molecule has 0 radical (unpaired) electrons. The highest BCUT2D eigenvalue weighted by molar-refractivity contribution is 5.24. The lowest BCUT2D eigenvalue weighted by Gasteiger charge is -2.34. The van der Waals surface area contributed by atoms with Gasteiger partial charge in [0, 0.05) is 12.6 Å². The maximum atomic E-state index is 13.3. The number of rotatable bonds is 4. The largest absolute Gasteiger partial charge is 0.422 e. The molecule has 1 fully saturated rings. The Morgan fingerprint density at radius 1 is 1.10 bits per heavy atom. The summed E-state index contributed by atoms with van der Waals surface area (Å²) in [4.78, 5) is 0. The van der Waals surface area contributed by atoms with Crippen LogP contribution >= 0.6 is 0 Å². The minimum atomic E-state index is -4.71. The summed E-state index contributed by atoms with van der Waals surface area (Å²) in [5.41, 5.74) is -2.95. The van der Waals surface area contributed by atoms with Crippen molar-refractivity contribution in [2.24, 2.45) is 5.92 Å². The lowest BCUT2D eigenvalue weighted by molar-refractivity contribution is -0.264. The normalized spacial score (nSPS) is 26.3. The van der Waals surface area contributed by atoms with Gasteiger partial charge in [0.05, 0.1) is 0 Å². The predicted molar refractivity (Wildman–Crippen MR) is 75.8 cm³/mol. The molecule has 0 heterocycles. The molecule has 2 N–H and O–H groups in total. The van der Waals surface area contributed by atoms with Crippen LogP contribution < -0.4 is 5.32 Å². The molecule has 1 unspecified atom stereocenters. The van der Waals surface area contributed by atoms with Crippen molar-refractivity contribution in [2.45, 2.75) is 50.4 Å². The number of halogens is 3. The van der Waals surface area contributed by atoms with Gasteiger partial charge in [-0.25, -0.2) is 0 Å². The molecule has 21 heavy (non-hydrogen) atoms. The Morgan fingerprint density at radius 3 is 2.19 bits per heavy atom. The van der Waals surface area contributed by atoms with Crippen molar-refractivity contribution in [1.82, 2.24) is 5.32 Å². The molecule has 118 valence electrons. The second-order valence-electron chi connectivity index (χ2n) is 6.06. The van der Waals surface area contributed by atoms with Gasteiger partial charge in [0.25, 0.3) is 0 Å². The maximum absolute atomic E-state index is 13.3. The topological polar surface area (TPSA) is 32.3 Å². The average molecular weight is 301 g/mol. The molecule has 1 saturated carbocycles. The first-order valence-electron chi connectivity index (χ1n) is 7.41. The summed E-state index contributed by atoms with van der Waals surface area (Å²) in [6.45, 7) is 1.66. The molecule has 5 heteroatoms. The summed E-state index contributed by atoms with van der Waals surface area (Å²) in [7, 11) is 0. The van der Waals surface area contributed by atoms with E-state index in [1.807, 2.05) is 0 Å². The Balaban J connectivity index is 2.08. The molecular formula is C16H22F3NO. The molecule has 2 nitrogen and oxygen atoms in total. The number of hydrogen-bond acceptors (Lipinski definition) is 2. The fraction of sp³-hybridized carbons (Fsp3) is 0.625. The minimum absolute atomic E-state index is 0.0544. The van der Waals surface area contributed by atoms with Crippen LogP contribution in [0.2, 0.25) is 0 Å². The zero-order chi connectivity index (χ0) is 15.5. The van der Waals surface area contributed by atoms with Crippen LogP contribution in [0.25, 0.3) is 0 Å². The van der Waals surface area contributed by atoms with Gasteiger partial charge in [-0.15, -0.1) is 0 Å². The van der Waals surface area contributed by atoms with Gasteiger partial charge in [-0.1, -0.05) is 37.3 Å². The lowest BCUT2D eigenvalue weighted by atomic mass is 9.86. The molecule has 1 aliphatic carbocycles. The van der Waals surface area contributed by atoms with Gasteiger partial charge in [0.1, 0.15) is 0 Å². The molecule has 2 rings (SSSR count). The molecule has 0 aromatic heterocycles. The molecule has 0 saturated heterocycles. The van der Waals surface area contributed by atoms with E-state index in [0.29, 0.717) is 5.92 Å². The van der Waals surface area contributed by atoms with E-state index in [1.165, 1.54) is 24.3 Å². The first-order chi connectivity index (χ1) is 9.83. The second-order valence-corrected chi connectivity index (χ2v) is 6.06. The highest BCUT2D eigenvalue weighted by Gasteiger charge is 2.54. The summed E-state index contributed by atoms with van der Waals surface area (Å²) < 4.78 is 39.9. The number of alkyl halides is 3. The van der Waals surface area contributed by atoms with Gasteiger partial charge >= 0.3 is 6.18 Å². The van der Waals surface area contributed by atoms with Gasteiger partial charge < -0.3 is 10.4 Å². The Labute approximate surface area is 123 Å². The van der Waals surface area contributed by atoms with Gasteiger partial charge in [0.15, 0.2) is 5.60 Å². The van der Waals surface area contributed by atoms with Crippen LogP contribution in [0.4, 0.5) is 13.2 Å². The van der Waals surface area contributed by atoms with Crippen LogP contribution in [0.1, 0.15) is 38.2 Å². The van der Waals surface area contributed by atoms with Crippen LogP contribution in [0.3, 0.4) is 0 Å². The number of aliphatic hydroxyl groups is 1. The Hall–Kier alpha value is -1.07. The summed E-state index contributed by atoms with van der Waals surface area (Å²) in [5.74, 6) is 0.638. The summed E-state index contributed by atoms with van der Waals surface area (Å²) >= 11 is 0. The number of nitrogens with one attached hydrogen (secondary N) is 1.